The second kappa shape index (κ2) is 10.4. The van der Waals surface area contributed by atoms with Crippen LogP contribution in [0.1, 0.15) is 68.1 Å². The van der Waals surface area contributed by atoms with Gasteiger partial charge in [-0.25, -0.2) is 4.39 Å². The molecule has 1 aliphatic heterocycles. The van der Waals surface area contributed by atoms with Crippen molar-refractivity contribution in [2.24, 2.45) is 17.8 Å². The van der Waals surface area contributed by atoms with Crippen molar-refractivity contribution in [3.8, 4) is 0 Å². The first kappa shape index (κ1) is 22.7. The molecule has 4 rings (SSSR count). The highest BCUT2D eigenvalue weighted by molar-refractivity contribution is 6.21. The van der Waals surface area contributed by atoms with Gasteiger partial charge in [-0.15, -0.1) is 11.6 Å². The van der Waals surface area contributed by atoms with Gasteiger partial charge < -0.3 is 10.2 Å². The molecule has 0 atom stereocenters. The zero-order valence-electron chi connectivity index (χ0n) is 18.2. The van der Waals surface area contributed by atoms with Crippen molar-refractivity contribution < 1.29 is 14.0 Å². The van der Waals surface area contributed by atoms with Crippen molar-refractivity contribution in [1.29, 1.82) is 0 Å². The van der Waals surface area contributed by atoms with Crippen LogP contribution in [0.5, 0.6) is 0 Å². The molecule has 2 saturated carbocycles. The number of nitrogens with one attached hydrogen (secondary N) is 1. The summed E-state index contributed by atoms with van der Waals surface area (Å²) in [5.41, 5.74) is 0.628. The summed E-state index contributed by atoms with van der Waals surface area (Å²) in [6.07, 6.45) is 9.18. The number of hydrogen-bond acceptors (Lipinski definition) is 3. The second-order valence-electron chi connectivity index (χ2n) is 9.77. The first-order chi connectivity index (χ1) is 15.0. The summed E-state index contributed by atoms with van der Waals surface area (Å²) in [6, 6.07) is 6.27. The van der Waals surface area contributed by atoms with E-state index in [0.29, 0.717) is 11.6 Å². The summed E-state index contributed by atoms with van der Waals surface area (Å²) in [4.78, 5) is 27.3. The van der Waals surface area contributed by atoms with E-state index in [-0.39, 0.29) is 34.7 Å². The molecule has 3 fully saturated rings. The Hall–Kier alpha value is -1.46. The summed E-state index contributed by atoms with van der Waals surface area (Å²) in [6.45, 7) is 3.02. The number of piperidine rings is 1. The van der Waals surface area contributed by atoms with E-state index in [2.05, 4.69) is 10.2 Å². The number of Topliss-reactive ketones (excluding diaryl/α,β-unsaturated/α-hetero) is 1. The average Bonchev–Trinajstić information content (AvgIpc) is 2.77. The van der Waals surface area contributed by atoms with E-state index < -0.39 is 0 Å². The Balaban J connectivity index is 1.11. The summed E-state index contributed by atoms with van der Waals surface area (Å²) >= 11 is 5.99. The van der Waals surface area contributed by atoms with Gasteiger partial charge >= 0.3 is 0 Å². The molecule has 1 aromatic carbocycles. The zero-order valence-corrected chi connectivity index (χ0v) is 19.0. The Morgan fingerprint density at radius 1 is 0.968 bits per heavy atom. The molecule has 0 aromatic heterocycles. The summed E-state index contributed by atoms with van der Waals surface area (Å²) in [5.74, 6) is 0.999. The standard InChI is InChI=1S/C25H34ClFN2O2/c26-21-15-20(16-21)25(31)28-23-7-1-17(2-8-23)9-12-29-13-10-19(11-14-29)24(30)18-3-5-22(27)6-4-18/h3-6,17,19-21,23H,1-2,7-16H2,(H,28,31)/t17?,20-,21-,23?. The van der Waals surface area contributed by atoms with Gasteiger partial charge in [0.05, 0.1) is 0 Å². The SMILES string of the molecule is O=C(c1ccc(F)cc1)C1CCN(CCC2CCC(NC(=O)[C@H]3C[C@H](Cl)C3)CC2)CC1. The molecule has 2 aliphatic carbocycles. The molecule has 1 N–H and O–H groups in total. The monoisotopic (exact) mass is 448 g/mol. The van der Waals surface area contributed by atoms with Crippen LogP contribution < -0.4 is 5.32 Å². The first-order valence-corrected chi connectivity index (χ1v) is 12.4. The Kier molecular flexibility index (Phi) is 7.65. The quantitative estimate of drug-likeness (QED) is 0.481. The molecule has 0 unspecified atom stereocenters. The maximum Gasteiger partial charge on any atom is 0.223 e. The molecule has 31 heavy (non-hydrogen) atoms. The van der Waals surface area contributed by atoms with Crippen LogP contribution in [0.25, 0.3) is 0 Å². The van der Waals surface area contributed by atoms with Gasteiger partial charge in [-0.1, -0.05) is 0 Å². The van der Waals surface area contributed by atoms with E-state index in [4.69, 9.17) is 11.6 Å². The van der Waals surface area contributed by atoms with Crippen LogP contribution >= 0.6 is 11.6 Å². The van der Waals surface area contributed by atoms with Crippen molar-refractivity contribution >= 4 is 23.3 Å². The van der Waals surface area contributed by atoms with Gasteiger partial charge in [0.25, 0.3) is 0 Å². The number of halogens is 2. The van der Waals surface area contributed by atoms with E-state index >= 15 is 0 Å². The van der Waals surface area contributed by atoms with Crippen molar-refractivity contribution in [1.82, 2.24) is 10.2 Å². The number of amides is 1. The molecule has 1 aromatic rings. The highest BCUT2D eigenvalue weighted by Crippen LogP contribution is 2.33. The minimum absolute atomic E-state index is 0.0607. The number of hydrogen-bond donors (Lipinski definition) is 1. The van der Waals surface area contributed by atoms with Crippen LogP contribution in [-0.4, -0.2) is 47.6 Å². The Bertz CT molecular complexity index is 749. The Labute approximate surface area is 189 Å². The van der Waals surface area contributed by atoms with Gasteiger partial charge in [0.15, 0.2) is 5.78 Å². The van der Waals surface area contributed by atoms with Crippen LogP contribution in [0, 0.1) is 23.6 Å². The maximum atomic E-state index is 13.1. The molecule has 6 heteroatoms. The molecule has 170 valence electrons. The predicted molar refractivity (Wildman–Crippen MR) is 121 cm³/mol. The maximum absolute atomic E-state index is 13.1. The fourth-order valence-corrected chi connectivity index (χ4v) is 5.74. The molecular formula is C25H34ClFN2O2. The first-order valence-electron chi connectivity index (χ1n) is 11.9. The minimum Gasteiger partial charge on any atom is -0.353 e. The third kappa shape index (κ3) is 6.07. The summed E-state index contributed by atoms with van der Waals surface area (Å²) < 4.78 is 13.1. The Morgan fingerprint density at radius 3 is 2.23 bits per heavy atom. The lowest BCUT2D eigenvalue weighted by atomic mass is 9.81. The van der Waals surface area contributed by atoms with Crippen LogP contribution in [-0.2, 0) is 4.79 Å². The third-order valence-corrected chi connectivity index (χ3v) is 7.94. The number of carbonyl (C=O) groups excluding carboxylic acids is 2. The van der Waals surface area contributed by atoms with E-state index in [0.717, 1.165) is 64.1 Å². The largest absolute Gasteiger partial charge is 0.353 e. The van der Waals surface area contributed by atoms with E-state index in [9.17, 15) is 14.0 Å². The van der Waals surface area contributed by atoms with Crippen LogP contribution in [0.3, 0.4) is 0 Å². The molecule has 1 amide bonds. The van der Waals surface area contributed by atoms with Gasteiger partial charge in [0, 0.05) is 28.8 Å². The van der Waals surface area contributed by atoms with Crippen molar-refractivity contribution in [2.75, 3.05) is 19.6 Å². The van der Waals surface area contributed by atoms with E-state index in [1.54, 1.807) is 12.1 Å². The number of rotatable bonds is 7. The smallest absolute Gasteiger partial charge is 0.223 e. The van der Waals surface area contributed by atoms with E-state index in [1.165, 1.54) is 31.4 Å². The van der Waals surface area contributed by atoms with Crippen molar-refractivity contribution in [3.63, 3.8) is 0 Å². The zero-order chi connectivity index (χ0) is 21.8. The molecule has 0 bridgehead atoms. The lowest BCUT2D eigenvalue weighted by Gasteiger charge is -2.35. The summed E-state index contributed by atoms with van der Waals surface area (Å²) in [5, 5.41) is 3.43. The molecule has 1 heterocycles. The Morgan fingerprint density at radius 2 is 1.61 bits per heavy atom. The highest BCUT2D eigenvalue weighted by Gasteiger charge is 2.34. The molecule has 1 saturated heterocycles. The lowest BCUT2D eigenvalue weighted by Crippen LogP contribution is -2.45. The molecule has 4 nitrogen and oxygen atoms in total. The normalized spacial score (nSPS) is 29.9. The van der Waals surface area contributed by atoms with Crippen LogP contribution in [0.15, 0.2) is 24.3 Å². The fraction of sp³-hybridized carbons (Fsp3) is 0.680. The van der Waals surface area contributed by atoms with Gasteiger partial charge in [0.1, 0.15) is 5.82 Å². The highest BCUT2D eigenvalue weighted by atomic mass is 35.5. The van der Waals surface area contributed by atoms with Gasteiger partial charge in [-0.05, 0) is 108 Å². The van der Waals surface area contributed by atoms with Crippen LogP contribution in [0.4, 0.5) is 4.39 Å². The van der Waals surface area contributed by atoms with Gasteiger partial charge in [-0.3, -0.25) is 9.59 Å². The van der Waals surface area contributed by atoms with Crippen LogP contribution in [0.2, 0.25) is 0 Å². The topological polar surface area (TPSA) is 49.4 Å². The van der Waals surface area contributed by atoms with Gasteiger partial charge in [-0.2, -0.15) is 0 Å². The molecule has 0 radical (unpaired) electrons. The number of ketones is 1. The third-order valence-electron chi connectivity index (χ3n) is 7.59. The average molecular weight is 449 g/mol. The number of nitrogens with zero attached hydrogens (tertiary/aromatic N) is 1. The predicted octanol–water partition coefficient (Wildman–Crippen LogP) is 4.80. The van der Waals surface area contributed by atoms with Crippen molar-refractivity contribution in [2.45, 2.75) is 69.2 Å². The number of likely N-dealkylation sites (tertiary alicyclic amines) is 1. The van der Waals surface area contributed by atoms with Gasteiger partial charge in [0.2, 0.25) is 5.91 Å². The number of carbonyl (C=O) groups is 2. The lowest BCUT2D eigenvalue weighted by molar-refractivity contribution is -0.128. The molecule has 3 aliphatic rings. The molecule has 0 spiro atoms. The summed E-state index contributed by atoms with van der Waals surface area (Å²) in [7, 11) is 0. The van der Waals surface area contributed by atoms with E-state index in [1.807, 2.05) is 0 Å². The number of benzene rings is 1. The fourth-order valence-electron chi connectivity index (χ4n) is 5.31. The minimum atomic E-state index is -0.300. The number of alkyl halides is 1. The second-order valence-corrected chi connectivity index (χ2v) is 10.4. The molecular weight excluding hydrogens is 415 g/mol. The van der Waals surface area contributed by atoms with Crippen molar-refractivity contribution in [3.05, 3.63) is 35.6 Å².